The van der Waals surface area contributed by atoms with Gasteiger partial charge in [0.1, 0.15) is 0 Å². The molecule has 2 nitrogen and oxygen atoms in total. The molecular weight excluding hydrogens is 564 g/mol. The van der Waals surface area contributed by atoms with Crippen LogP contribution in [0.5, 0.6) is 0 Å². The summed E-state index contributed by atoms with van der Waals surface area (Å²) in [5, 5.41) is 0. The molecule has 3 aliphatic rings. The van der Waals surface area contributed by atoms with E-state index in [1.54, 1.807) is 6.07 Å². The monoisotopic (exact) mass is 598 g/mol. The van der Waals surface area contributed by atoms with Crippen LogP contribution in [-0.4, -0.2) is 6.71 Å². The van der Waals surface area contributed by atoms with Crippen molar-refractivity contribution >= 4 is 57.2 Å². The highest BCUT2D eigenvalue weighted by atomic mass is 19.4. The molecule has 2 heterocycles. The van der Waals surface area contributed by atoms with Gasteiger partial charge < -0.3 is 9.80 Å². The van der Waals surface area contributed by atoms with Crippen molar-refractivity contribution in [2.45, 2.75) is 58.0 Å². The standard InChI is InChI=1S/C39H34BF3N2/c1-25-13-17-31(18-14-25)45-34-21-26(2)15-19-32(34)40-33-20-16-29(39(41,42)43)24-35(33)44(30-11-7-4-8-12-30)36-22-28(23-37(45)38(36)40)27-9-5-3-6-10-27/h4,7-8,11-24,27H,3,5-6,9-10H2,1-2H3. The smallest absolute Gasteiger partial charge is 0.311 e. The van der Waals surface area contributed by atoms with E-state index in [0.717, 1.165) is 63.2 Å². The van der Waals surface area contributed by atoms with Crippen LogP contribution < -0.4 is 26.2 Å². The Morgan fingerprint density at radius 2 is 1.18 bits per heavy atom. The number of hydrogen-bond acceptors (Lipinski definition) is 2. The van der Waals surface area contributed by atoms with Crippen LogP contribution in [0.4, 0.5) is 47.3 Å². The number of nitrogens with zero attached hydrogens (tertiary/aromatic N) is 2. The van der Waals surface area contributed by atoms with Crippen LogP contribution >= 0.6 is 0 Å². The number of aryl methyl sites for hydroxylation is 2. The van der Waals surface area contributed by atoms with Gasteiger partial charge in [-0.1, -0.05) is 79.4 Å². The second-order valence-corrected chi connectivity index (χ2v) is 12.9. The summed E-state index contributed by atoms with van der Waals surface area (Å²) in [5.41, 5.74) is 11.8. The van der Waals surface area contributed by atoms with Gasteiger partial charge in [0, 0.05) is 34.1 Å². The SMILES string of the molecule is Cc1ccc(N2c3cc(C)ccc3B3c4ccc(C(F)(F)F)cc4N(c4ccccc4)c4cc(C5CCCCC5)cc2c43)cc1. The lowest BCUT2D eigenvalue weighted by atomic mass is 9.33. The van der Waals surface area contributed by atoms with E-state index in [9.17, 15) is 13.2 Å². The summed E-state index contributed by atoms with van der Waals surface area (Å²) in [7, 11) is 0. The Morgan fingerprint density at radius 1 is 0.600 bits per heavy atom. The van der Waals surface area contributed by atoms with E-state index >= 15 is 0 Å². The third kappa shape index (κ3) is 4.65. The van der Waals surface area contributed by atoms with Crippen molar-refractivity contribution in [3.8, 4) is 0 Å². The average Bonchev–Trinajstić information content (AvgIpc) is 3.05. The van der Waals surface area contributed by atoms with Crippen LogP contribution in [0.15, 0.2) is 103 Å². The van der Waals surface area contributed by atoms with E-state index in [2.05, 4.69) is 78.2 Å². The molecular formula is C39H34BF3N2. The number of para-hydroxylation sites is 1. The first kappa shape index (κ1) is 28.1. The number of rotatable bonds is 3. The van der Waals surface area contributed by atoms with Crippen molar-refractivity contribution in [3.05, 3.63) is 125 Å². The van der Waals surface area contributed by atoms with Crippen LogP contribution in [0.25, 0.3) is 0 Å². The number of halogens is 3. The summed E-state index contributed by atoms with van der Waals surface area (Å²) in [5.74, 6) is 0.415. The Labute approximate surface area is 263 Å². The Bertz CT molecular complexity index is 1910. The van der Waals surface area contributed by atoms with Crippen molar-refractivity contribution in [2.75, 3.05) is 9.80 Å². The molecule has 8 rings (SSSR count). The maximum Gasteiger partial charge on any atom is 0.416 e. The molecule has 0 aromatic heterocycles. The molecule has 0 unspecified atom stereocenters. The largest absolute Gasteiger partial charge is 0.416 e. The van der Waals surface area contributed by atoms with Crippen molar-refractivity contribution in [2.24, 2.45) is 0 Å². The summed E-state index contributed by atoms with van der Waals surface area (Å²) >= 11 is 0. The van der Waals surface area contributed by atoms with Crippen LogP contribution in [-0.2, 0) is 6.18 Å². The van der Waals surface area contributed by atoms with Crippen LogP contribution in [0.2, 0.25) is 0 Å². The lowest BCUT2D eigenvalue weighted by Crippen LogP contribution is -2.61. The highest BCUT2D eigenvalue weighted by Crippen LogP contribution is 2.47. The zero-order valence-electron chi connectivity index (χ0n) is 25.5. The molecule has 2 aliphatic heterocycles. The lowest BCUT2D eigenvalue weighted by molar-refractivity contribution is -0.137. The first-order valence-corrected chi connectivity index (χ1v) is 16.0. The summed E-state index contributed by atoms with van der Waals surface area (Å²) in [4.78, 5) is 4.47. The maximum atomic E-state index is 14.3. The highest BCUT2D eigenvalue weighted by Gasteiger charge is 2.45. The Morgan fingerprint density at radius 3 is 1.82 bits per heavy atom. The zero-order chi connectivity index (χ0) is 30.9. The molecule has 0 bridgehead atoms. The van der Waals surface area contributed by atoms with Crippen molar-refractivity contribution in [1.29, 1.82) is 0 Å². The normalized spacial score (nSPS) is 15.9. The van der Waals surface area contributed by atoms with E-state index < -0.39 is 11.7 Å². The quantitative estimate of drug-likeness (QED) is 0.187. The molecule has 45 heavy (non-hydrogen) atoms. The molecule has 0 amide bonds. The molecule has 5 aromatic rings. The van der Waals surface area contributed by atoms with Gasteiger partial charge >= 0.3 is 6.18 Å². The average molecular weight is 599 g/mol. The van der Waals surface area contributed by atoms with Crippen molar-refractivity contribution in [3.63, 3.8) is 0 Å². The van der Waals surface area contributed by atoms with Crippen molar-refractivity contribution < 1.29 is 13.2 Å². The second kappa shape index (κ2) is 10.6. The molecule has 5 aromatic carbocycles. The Balaban J connectivity index is 1.48. The van der Waals surface area contributed by atoms with Crippen LogP contribution in [0.3, 0.4) is 0 Å². The number of alkyl halides is 3. The molecule has 6 heteroatoms. The van der Waals surface area contributed by atoms with Crippen LogP contribution in [0, 0.1) is 13.8 Å². The highest BCUT2D eigenvalue weighted by molar-refractivity contribution is 7.00. The predicted octanol–water partition coefficient (Wildman–Crippen LogP) is 9.45. The van der Waals surface area contributed by atoms with E-state index in [4.69, 9.17) is 0 Å². The maximum absolute atomic E-state index is 14.3. The van der Waals surface area contributed by atoms with Gasteiger partial charge in [0.05, 0.1) is 5.56 Å². The molecule has 0 N–H and O–H groups in total. The lowest BCUT2D eigenvalue weighted by Gasteiger charge is -2.45. The minimum Gasteiger partial charge on any atom is -0.311 e. The predicted molar refractivity (Wildman–Crippen MR) is 181 cm³/mol. The third-order valence-electron chi connectivity index (χ3n) is 9.96. The number of anilines is 6. The molecule has 0 radical (unpaired) electrons. The second-order valence-electron chi connectivity index (χ2n) is 12.9. The summed E-state index contributed by atoms with van der Waals surface area (Å²) in [6.07, 6.45) is 1.45. The molecule has 0 atom stereocenters. The Kier molecular flexibility index (Phi) is 6.60. The minimum atomic E-state index is -4.45. The fraction of sp³-hybridized carbons (Fsp3) is 0.231. The van der Waals surface area contributed by atoms with E-state index in [1.807, 2.05) is 30.3 Å². The number of fused-ring (bicyclic) bond motifs is 4. The van der Waals surface area contributed by atoms with Crippen molar-refractivity contribution in [1.82, 2.24) is 0 Å². The summed E-state index contributed by atoms with van der Waals surface area (Å²) < 4.78 is 42.8. The van der Waals surface area contributed by atoms with Crippen LogP contribution in [0.1, 0.15) is 60.3 Å². The van der Waals surface area contributed by atoms with Gasteiger partial charge in [0.2, 0.25) is 0 Å². The van der Waals surface area contributed by atoms with Gasteiger partial charge in [-0.15, -0.1) is 0 Å². The minimum absolute atomic E-state index is 0.204. The third-order valence-corrected chi connectivity index (χ3v) is 9.96. The van der Waals surface area contributed by atoms with E-state index in [1.165, 1.54) is 42.5 Å². The van der Waals surface area contributed by atoms with E-state index in [-0.39, 0.29) is 6.71 Å². The molecule has 0 saturated heterocycles. The van der Waals surface area contributed by atoms with Gasteiger partial charge in [0.25, 0.3) is 6.71 Å². The summed E-state index contributed by atoms with van der Waals surface area (Å²) in [6.45, 7) is 4.00. The first-order valence-electron chi connectivity index (χ1n) is 16.0. The van der Waals surface area contributed by atoms with Gasteiger partial charge in [-0.25, -0.2) is 0 Å². The van der Waals surface area contributed by atoms with Gasteiger partial charge in [-0.2, -0.15) is 13.2 Å². The van der Waals surface area contributed by atoms with Gasteiger partial charge in [-0.3, -0.25) is 0 Å². The van der Waals surface area contributed by atoms with E-state index in [0.29, 0.717) is 11.6 Å². The first-order chi connectivity index (χ1) is 21.8. The topological polar surface area (TPSA) is 6.48 Å². The molecule has 224 valence electrons. The fourth-order valence-electron chi connectivity index (χ4n) is 7.80. The summed E-state index contributed by atoms with van der Waals surface area (Å²) in [6, 6.07) is 34.1. The molecule has 1 saturated carbocycles. The number of benzene rings is 5. The molecule has 1 aliphatic carbocycles. The zero-order valence-corrected chi connectivity index (χ0v) is 25.5. The fourth-order valence-corrected chi connectivity index (χ4v) is 7.80. The molecule has 1 fully saturated rings. The molecule has 0 spiro atoms. The number of hydrogen-bond donors (Lipinski definition) is 0. The van der Waals surface area contributed by atoms with Gasteiger partial charge in [-0.05, 0) is 109 Å². The van der Waals surface area contributed by atoms with Gasteiger partial charge in [0.15, 0.2) is 0 Å². The Hall–Kier alpha value is -4.45.